The van der Waals surface area contributed by atoms with Gasteiger partial charge in [-0.2, -0.15) is 0 Å². The van der Waals surface area contributed by atoms with Gasteiger partial charge in [0.05, 0.1) is 0 Å². The maximum atomic E-state index is 9.45. The van der Waals surface area contributed by atoms with Gasteiger partial charge in [-0.3, -0.25) is 0 Å². The van der Waals surface area contributed by atoms with Crippen molar-refractivity contribution in [1.29, 1.82) is 0 Å². The van der Waals surface area contributed by atoms with E-state index in [0.29, 0.717) is 24.0 Å². The molecule has 0 saturated heterocycles. The zero-order valence-electron chi connectivity index (χ0n) is 8.04. The van der Waals surface area contributed by atoms with Crippen LogP contribution in [0, 0.1) is 0 Å². The van der Waals surface area contributed by atoms with E-state index >= 15 is 0 Å². The third kappa shape index (κ3) is 2.95. The molecule has 0 radical (unpaired) electrons. The average Bonchev–Trinajstić information content (AvgIpc) is 2.06. The van der Waals surface area contributed by atoms with Crippen molar-refractivity contribution in [3.05, 3.63) is 23.8 Å². The molecule has 0 aliphatic carbocycles. The Morgan fingerprint density at radius 1 is 1.46 bits per heavy atom. The number of rotatable bonds is 3. The van der Waals surface area contributed by atoms with Gasteiger partial charge >= 0.3 is 0 Å². The Kier molecular flexibility index (Phi) is 3.14. The molecule has 0 saturated carbocycles. The first-order valence-corrected chi connectivity index (χ1v) is 4.40. The van der Waals surface area contributed by atoms with Gasteiger partial charge in [0, 0.05) is 23.8 Å². The summed E-state index contributed by atoms with van der Waals surface area (Å²) < 4.78 is 0. The van der Waals surface area contributed by atoms with E-state index in [1.54, 1.807) is 18.2 Å². The number of nitrogen functional groups attached to an aromatic ring is 1. The van der Waals surface area contributed by atoms with Crippen LogP contribution in [0.25, 0.3) is 0 Å². The molecular weight excluding hydrogens is 164 g/mol. The number of nitrogens with one attached hydrogen (secondary N) is 1. The van der Waals surface area contributed by atoms with Crippen molar-refractivity contribution in [2.45, 2.75) is 26.4 Å². The number of hydrogen-bond donors (Lipinski definition) is 3. The molecule has 3 nitrogen and oxygen atoms in total. The van der Waals surface area contributed by atoms with Crippen LogP contribution < -0.4 is 11.1 Å². The lowest BCUT2D eigenvalue weighted by atomic mass is 10.1. The molecule has 0 aromatic heterocycles. The van der Waals surface area contributed by atoms with E-state index in [9.17, 15) is 5.11 Å². The molecule has 1 rings (SSSR count). The molecule has 0 aliphatic heterocycles. The summed E-state index contributed by atoms with van der Waals surface area (Å²) >= 11 is 0. The fraction of sp³-hybridized carbons (Fsp3) is 0.400. The first kappa shape index (κ1) is 9.86. The summed E-state index contributed by atoms with van der Waals surface area (Å²) in [6, 6.07) is 5.49. The van der Waals surface area contributed by atoms with Gasteiger partial charge in [-0.05, 0) is 18.2 Å². The maximum absolute atomic E-state index is 9.45. The number of anilines is 1. The molecule has 3 heteroatoms. The van der Waals surface area contributed by atoms with Crippen molar-refractivity contribution < 1.29 is 5.11 Å². The van der Waals surface area contributed by atoms with Crippen LogP contribution in [0.1, 0.15) is 19.4 Å². The predicted octanol–water partition coefficient (Wildman–Crippen LogP) is 1.47. The first-order valence-electron chi connectivity index (χ1n) is 4.40. The fourth-order valence-electron chi connectivity index (χ4n) is 1.06. The second-order valence-corrected chi connectivity index (χ2v) is 3.42. The van der Waals surface area contributed by atoms with E-state index in [2.05, 4.69) is 19.2 Å². The van der Waals surface area contributed by atoms with Crippen LogP contribution in [0.15, 0.2) is 18.2 Å². The van der Waals surface area contributed by atoms with Gasteiger partial charge in [-0.15, -0.1) is 0 Å². The highest BCUT2D eigenvalue weighted by atomic mass is 16.3. The molecular formula is C10H16N2O. The van der Waals surface area contributed by atoms with Crippen LogP contribution in [0.2, 0.25) is 0 Å². The minimum Gasteiger partial charge on any atom is -0.508 e. The first-order chi connectivity index (χ1) is 6.09. The van der Waals surface area contributed by atoms with Gasteiger partial charge in [-0.25, -0.2) is 0 Å². The van der Waals surface area contributed by atoms with Crippen LogP contribution in [-0.4, -0.2) is 11.1 Å². The van der Waals surface area contributed by atoms with Crippen molar-refractivity contribution in [2.24, 2.45) is 0 Å². The normalized spacial score (nSPS) is 10.7. The third-order valence-corrected chi connectivity index (χ3v) is 1.80. The van der Waals surface area contributed by atoms with Gasteiger partial charge < -0.3 is 16.2 Å². The molecule has 0 fully saturated rings. The number of nitrogens with two attached hydrogens (primary N) is 1. The largest absolute Gasteiger partial charge is 0.508 e. The van der Waals surface area contributed by atoms with Gasteiger partial charge in [-0.1, -0.05) is 13.8 Å². The maximum Gasteiger partial charge on any atom is 0.120 e. The minimum absolute atomic E-state index is 0.294. The second-order valence-electron chi connectivity index (χ2n) is 3.42. The van der Waals surface area contributed by atoms with Crippen LogP contribution in [0.5, 0.6) is 5.75 Å². The summed E-state index contributed by atoms with van der Waals surface area (Å²) in [5.74, 6) is 0.294. The monoisotopic (exact) mass is 180 g/mol. The van der Waals surface area contributed by atoms with Gasteiger partial charge in [0.1, 0.15) is 5.75 Å². The molecule has 13 heavy (non-hydrogen) atoms. The summed E-state index contributed by atoms with van der Waals surface area (Å²) in [5, 5.41) is 12.7. The molecule has 0 heterocycles. The highest BCUT2D eigenvalue weighted by molar-refractivity contribution is 5.47. The number of phenols is 1. The van der Waals surface area contributed by atoms with E-state index in [0.717, 1.165) is 5.56 Å². The Hall–Kier alpha value is -1.22. The molecule has 0 aliphatic rings. The van der Waals surface area contributed by atoms with Crippen molar-refractivity contribution in [1.82, 2.24) is 5.32 Å². The Balaban J connectivity index is 2.70. The standard InChI is InChI=1S/C10H16N2O/c1-7(2)12-6-8-5-9(11)3-4-10(8)13/h3-5,7,12-13H,6,11H2,1-2H3. The Bertz CT molecular complexity index is 284. The molecule has 0 unspecified atom stereocenters. The number of benzene rings is 1. The highest BCUT2D eigenvalue weighted by Gasteiger charge is 2.01. The highest BCUT2D eigenvalue weighted by Crippen LogP contribution is 2.19. The van der Waals surface area contributed by atoms with E-state index in [1.165, 1.54) is 0 Å². The molecule has 1 aromatic rings. The van der Waals surface area contributed by atoms with Crippen LogP contribution in [0.4, 0.5) is 5.69 Å². The third-order valence-electron chi connectivity index (χ3n) is 1.80. The molecule has 0 bridgehead atoms. The summed E-state index contributed by atoms with van der Waals surface area (Å²) in [6.07, 6.45) is 0. The Morgan fingerprint density at radius 3 is 2.77 bits per heavy atom. The lowest BCUT2D eigenvalue weighted by Crippen LogP contribution is -2.21. The van der Waals surface area contributed by atoms with Crippen molar-refractivity contribution in [3.8, 4) is 5.75 Å². The van der Waals surface area contributed by atoms with E-state index in [4.69, 9.17) is 5.73 Å². The summed E-state index contributed by atoms with van der Waals surface area (Å²) in [7, 11) is 0. The average molecular weight is 180 g/mol. The van der Waals surface area contributed by atoms with Crippen LogP contribution >= 0.6 is 0 Å². The minimum atomic E-state index is 0.294. The summed E-state index contributed by atoms with van der Waals surface area (Å²) in [4.78, 5) is 0. The van der Waals surface area contributed by atoms with Crippen molar-refractivity contribution in [2.75, 3.05) is 5.73 Å². The number of hydrogen-bond acceptors (Lipinski definition) is 3. The van der Waals surface area contributed by atoms with E-state index in [1.807, 2.05) is 0 Å². The quantitative estimate of drug-likeness (QED) is 0.487. The van der Waals surface area contributed by atoms with Gasteiger partial charge in [0.25, 0.3) is 0 Å². The van der Waals surface area contributed by atoms with Crippen molar-refractivity contribution >= 4 is 5.69 Å². The van der Waals surface area contributed by atoms with Gasteiger partial charge in [0.2, 0.25) is 0 Å². The van der Waals surface area contributed by atoms with Crippen molar-refractivity contribution in [3.63, 3.8) is 0 Å². The number of aromatic hydroxyl groups is 1. The SMILES string of the molecule is CC(C)NCc1cc(N)ccc1O. The van der Waals surface area contributed by atoms with E-state index in [-0.39, 0.29) is 0 Å². The second kappa shape index (κ2) is 4.14. The molecule has 0 atom stereocenters. The molecule has 72 valence electrons. The molecule has 0 amide bonds. The predicted molar refractivity (Wildman–Crippen MR) is 54.5 cm³/mol. The Labute approximate surface area is 78.6 Å². The Morgan fingerprint density at radius 2 is 2.15 bits per heavy atom. The smallest absolute Gasteiger partial charge is 0.120 e. The van der Waals surface area contributed by atoms with Crippen LogP contribution in [-0.2, 0) is 6.54 Å². The zero-order chi connectivity index (χ0) is 9.84. The van der Waals surface area contributed by atoms with E-state index < -0.39 is 0 Å². The fourth-order valence-corrected chi connectivity index (χ4v) is 1.06. The summed E-state index contributed by atoms with van der Waals surface area (Å²) in [5.41, 5.74) is 7.12. The lowest BCUT2D eigenvalue weighted by molar-refractivity contribution is 0.461. The molecule has 1 aromatic carbocycles. The summed E-state index contributed by atoms with van der Waals surface area (Å²) in [6.45, 7) is 4.77. The zero-order valence-corrected chi connectivity index (χ0v) is 8.04. The van der Waals surface area contributed by atoms with Crippen LogP contribution in [0.3, 0.4) is 0 Å². The molecule has 4 N–H and O–H groups in total. The van der Waals surface area contributed by atoms with Gasteiger partial charge in [0.15, 0.2) is 0 Å². The topological polar surface area (TPSA) is 58.3 Å². The number of phenolic OH excluding ortho intramolecular Hbond substituents is 1. The molecule has 0 spiro atoms. The lowest BCUT2D eigenvalue weighted by Gasteiger charge is -2.09.